The van der Waals surface area contributed by atoms with E-state index >= 15 is 0 Å². The van der Waals surface area contributed by atoms with Crippen LogP contribution in [0.4, 0.5) is 4.39 Å². The van der Waals surface area contributed by atoms with Crippen LogP contribution in [0.1, 0.15) is 23.2 Å². The van der Waals surface area contributed by atoms with Gasteiger partial charge in [0, 0.05) is 25.2 Å². The third-order valence-corrected chi connectivity index (χ3v) is 3.40. The normalized spacial score (nSPS) is 16.1. The Hall–Kier alpha value is -1.46. The molecule has 5 heteroatoms. The third kappa shape index (κ3) is 4.90. The Balaban J connectivity index is 1.58. The number of hydrogen-bond donors (Lipinski definition) is 1. The van der Waals surface area contributed by atoms with Gasteiger partial charge in [-0.15, -0.1) is 0 Å². The van der Waals surface area contributed by atoms with Gasteiger partial charge >= 0.3 is 0 Å². The standard InChI is InChI=1S/C15H21FN2O2/c16-14-5-3-13(4-6-14)15(19)17-7-1-2-8-18-9-11-20-12-10-18/h3-6H,1-2,7-12H2,(H,17,19). The molecule has 1 aromatic rings. The van der Waals surface area contributed by atoms with Crippen molar-refractivity contribution in [2.75, 3.05) is 39.4 Å². The number of benzene rings is 1. The van der Waals surface area contributed by atoms with Crippen LogP contribution in [0.3, 0.4) is 0 Å². The monoisotopic (exact) mass is 280 g/mol. The van der Waals surface area contributed by atoms with Crippen molar-refractivity contribution < 1.29 is 13.9 Å². The van der Waals surface area contributed by atoms with E-state index in [1.165, 1.54) is 24.3 Å². The zero-order chi connectivity index (χ0) is 14.2. The smallest absolute Gasteiger partial charge is 0.251 e. The van der Waals surface area contributed by atoms with E-state index in [4.69, 9.17) is 4.74 Å². The summed E-state index contributed by atoms with van der Waals surface area (Å²) in [6, 6.07) is 5.59. The number of hydrogen-bond acceptors (Lipinski definition) is 3. The molecule has 0 unspecified atom stereocenters. The molecule has 0 saturated carbocycles. The fourth-order valence-corrected chi connectivity index (χ4v) is 2.19. The fourth-order valence-electron chi connectivity index (χ4n) is 2.19. The Morgan fingerprint density at radius 1 is 1.20 bits per heavy atom. The number of morpholine rings is 1. The minimum Gasteiger partial charge on any atom is -0.379 e. The second-order valence-corrected chi connectivity index (χ2v) is 4.92. The molecule has 1 amide bonds. The van der Waals surface area contributed by atoms with Crippen LogP contribution in [0.5, 0.6) is 0 Å². The minimum atomic E-state index is -0.327. The lowest BCUT2D eigenvalue weighted by Gasteiger charge is -2.26. The van der Waals surface area contributed by atoms with Gasteiger partial charge in [0.25, 0.3) is 5.91 Å². The first kappa shape index (κ1) is 14.9. The van der Waals surface area contributed by atoms with Gasteiger partial charge in [-0.1, -0.05) is 0 Å². The van der Waals surface area contributed by atoms with Gasteiger partial charge in [0.15, 0.2) is 0 Å². The van der Waals surface area contributed by atoms with Crippen LogP contribution in [-0.4, -0.2) is 50.2 Å². The van der Waals surface area contributed by atoms with Crippen molar-refractivity contribution in [1.82, 2.24) is 10.2 Å². The summed E-state index contributed by atoms with van der Waals surface area (Å²) in [7, 11) is 0. The summed E-state index contributed by atoms with van der Waals surface area (Å²) >= 11 is 0. The lowest BCUT2D eigenvalue weighted by Crippen LogP contribution is -2.37. The molecule has 2 rings (SSSR count). The van der Waals surface area contributed by atoms with Crippen molar-refractivity contribution in [3.05, 3.63) is 35.6 Å². The van der Waals surface area contributed by atoms with E-state index in [2.05, 4.69) is 10.2 Å². The Kier molecular flexibility index (Phi) is 5.95. The highest BCUT2D eigenvalue weighted by molar-refractivity contribution is 5.94. The van der Waals surface area contributed by atoms with Gasteiger partial charge in [-0.25, -0.2) is 4.39 Å². The predicted octanol–water partition coefficient (Wildman–Crippen LogP) is 1.67. The molecule has 0 atom stereocenters. The van der Waals surface area contributed by atoms with Crippen molar-refractivity contribution >= 4 is 5.91 Å². The fraction of sp³-hybridized carbons (Fsp3) is 0.533. The van der Waals surface area contributed by atoms with Crippen LogP contribution in [0, 0.1) is 5.82 Å². The van der Waals surface area contributed by atoms with Crippen LogP contribution >= 0.6 is 0 Å². The Morgan fingerprint density at radius 2 is 1.90 bits per heavy atom. The first-order valence-electron chi connectivity index (χ1n) is 7.09. The lowest BCUT2D eigenvalue weighted by molar-refractivity contribution is 0.0372. The number of carbonyl (C=O) groups excluding carboxylic acids is 1. The zero-order valence-corrected chi connectivity index (χ0v) is 11.6. The summed E-state index contributed by atoms with van der Waals surface area (Å²) in [6.45, 7) is 5.35. The van der Waals surface area contributed by atoms with Gasteiger partial charge in [0.2, 0.25) is 0 Å². The van der Waals surface area contributed by atoms with Gasteiger partial charge in [0.1, 0.15) is 5.82 Å². The number of halogens is 1. The SMILES string of the molecule is O=C(NCCCCN1CCOCC1)c1ccc(F)cc1. The van der Waals surface area contributed by atoms with E-state index in [9.17, 15) is 9.18 Å². The maximum atomic E-state index is 12.7. The molecular weight excluding hydrogens is 259 g/mol. The average Bonchev–Trinajstić information content (AvgIpc) is 2.48. The molecule has 1 saturated heterocycles. The second kappa shape index (κ2) is 7.97. The summed E-state index contributed by atoms with van der Waals surface area (Å²) in [5, 5.41) is 2.85. The average molecular weight is 280 g/mol. The van der Waals surface area contributed by atoms with Crippen molar-refractivity contribution in [3.8, 4) is 0 Å². The molecule has 20 heavy (non-hydrogen) atoms. The first-order valence-corrected chi connectivity index (χ1v) is 7.09. The highest BCUT2D eigenvalue weighted by atomic mass is 19.1. The topological polar surface area (TPSA) is 41.6 Å². The number of nitrogens with one attached hydrogen (secondary N) is 1. The number of unbranched alkanes of at least 4 members (excludes halogenated alkanes) is 1. The van der Waals surface area contributed by atoms with Gasteiger partial charge in [0.05, 0.1) is 13.2 Å². The molecule has 4 nitrogen and oxygen atoms in total. The highest BCUT2D eigenvalue weighted by Gasteiger charge is 2.09. The number of carbonyl (C=O) groups is 1. The number of ether oxygens (including phenoxy) is 1. The van der Waals surface area contributed by atoms with E-state index in [1.54, 1.807) is 0 Å². The van der Waals surface area contributed by atoms with Crippen molar-refractivity contribution in [2.24, 2.45) is 0 Å². The molecule has 1 aliphatic heterocycles. The molecule has 0 spiro atoms. The summed E-state index contributed by atoms with van der Waals surface area (Å²) in [5.74, 6) is -0.469. The van der Waals surface area contributed by atoms with Crippen LogP contribution in [-0.2, 0) is 4.74 Å². The maximum Gasteiger partial charge on any atom is 0.251 e. The zero-order valence-electron chi connectivity index (χ0n) is 11.6. The summed E-state index contributed by atoms with van der Waals surface area (Å²) in [4.78, 5) is 14.1. The van der Waals surface area contributed by atoms with Crippen molar-refractivity contribution in [3.63, 3.8) is 0 Å². The highest BCUT2D eigenvalue weighted by Crippen LogP contribution is 2.03. The largest absolute Gasteiger partial charge is 0.379 e. The molecule has 110 valence electrons. The molecule has 1 fully saturated rings. The molecule has 0 aliphatic carbocycles. The van der Waals surface area contributed by atoms with Crippen LogP contribution in [0.2, 0.25) is 0 Å². The van der Waals surface area contributed by atoms with E-state index in [1.807, 2.05) is 0 Å². The van der Waals surface area contributed by atoms with Crippen LogP contribution < -0.4 is 5.32 Å². The first-order chi connectivity index (χ1) is 9.75. The molecule has 0 radical (unpaired) electrons. The summed E-state index contributed by atoms with van der Waals surface area (Å²) < 4.78 is 18.0. The predicted molar refractivity (Wildman–Crippen MR) is 75.2 cm³/mol. The van der Waals surface area contributed by atoms with Crippen molar-refractivity contribution in [2.45, 2.75) is 12.8 Å². The molecule has 1 N–H and O–H groups in total. The maximum absolute atomic E-state index is 12.7. The van der Waals surface area contributed by atoms with E-state index < -0.39 is 0 Å². The molecule has 0 aromatic heterocycles. The van der Waals surface area contributed by atoms with Crippen LogP contribution in [0.25, 0.3) is 0 Å². The Labute approximate surface area is 118 Å². The quantitative estimate of drug-likeness (QED) is 0.806. The second-order valence-electron chi connectivity index (χ2n) is 4.92. The molecule has 1 heterocycles. The molecule has 1 aromatic carbocycles. The number of amides is 1. The van der Waals surface area contributed by atoms with Crippen molar-refractivity contribution in [1.29, 1.82) is 0 Å². The minimum absolute atomic E-state index is 0.142. The number of rotatable bonds is 6. The molecule has 0 bridgehead atoms. The Bertz CT molecular complexity index is 416. The molecular formula is C15H21FN2O2. The van der Waals surface area contributed by atoms with Crippen LogP contribution in [0.15, 0.2) is 24.3 Å². The lowest BCUT2D eigenvalue weighted by atomic mass is 10.2. The Morgan fingerprint density at radius 3 is 2.60 bits per heavy atom. The molecule has 1 aliphatic rings. The number of nitrogens with zero attached hydrogens (tertiary/aromatic N) is 1. The van der Waals surface area contributed by atoms with E-state index in [0.29, 0.717) is 12.1 Å². The van der Waals surface area contributed by atoms with Gasteiger partial charge in [-0.3, -0.25) is 9.69 Å². The van der Waals surface area contributed by atoms with Gasteiger partial charge in [-0.2, -0.15) is 0 Å². The van der Waals surface area contributed by atoms with E-state index in [0.717, 1.165) is 45.7 Å². The third-order valence-electron chi connectivity index (χ3n) is 3.40. The van der Waals surface area contributed by atoms with E-state index in [-0.39, 0.29) is 11.7 Å². The van der Waals surface area contributed by atoms with Gasteiger partial charge in [-0.05, 0) is 43.7 Å². The summed E-state index contributed by atoms with van der Waals surface area (Å²) in [6.07, 6.45) is 2.01. The summed E-state index contributed by atoms with van der Waals surface area (Å²) in [5.41, 5.74) is 0.500. The van der Waals surface area contributed by atoms with Gasteiger partial charge < -0.3 is 10.1 Å².